The number of ether oxygens (including phenoxy) is 1. The van der Waals surface area contributed by atoms with E-state index in [-0.39, 0.29) is 11.3 Å². The van der Waals surface area contributed by atoms with Crippen molar-refractivity contribution in [1.29, 1.82) is 0 Å². The summed E-state index contributed by atoms with van der Waals surface area (Å²) in [5.74, 6) is -0.858. The van der Waals surface area contributed by atoms with E-state index >= 15 is 0 Å². The van der Waals surface area contributed by atoms with Gasteiger partial charge in [-0.2, -0.15) is 0 Å². The number of anilines is 1. The summed E-state index contributed by atoms with van der Waals surface area (Å²) in [6.07, 6.45) is -0.529. The molecule has 0 amide bonds. The van der Waals surface area contributed by atoms with Gasteiger partial charge in [-0.15, -0.1) is 5.10 Å². The Bertz CT molecular complexity index is 1410. The molecule has 1 aliphatic heterocycles. The number of aromatic hydroxyl groups is 1. The molecule has 3 aromatic carbocycles. The molecule has 0 spiro atoms. The highest BCUT2D eigenvalue weighted by Gasteiger charge is 2.29. The van der Waals surface area contributed by atoms with E-state index in [1.807, 2.05) is 24.3 Å². The van der Waals surface area contributed by atoms with E-state index < -0.39 is 18.1 Å². The fraction of sp³-hybridized carbons (Fsp3) is 0.120. The van der Waals surface area contributed by atoms with Crippen molar-refractivity contribution < 1.29 is 24.5 Å². The summed E-state index contributed by atoms with van der Waals surface area (Å²) < 4.78 is 6.74. The van der Waals surface area contributed by atoms with Crippen LogP contribution in [0.1, 0.15) is 39.4 Å². The van der Waals surface area contributed by atoms with E-state index in [4.69, 9.17) is 14.8 Å². The van der Waals surface area contributed by atoms with Gasteiger partial charge in [-0.05, 0) is 43.3 Å². The largest absolute Gasteiger partial charge is 0.507 e. The minimum absolute atomic E-state index is 0.179. The van der Waals surface area contributed by atoms with Crippen molar-refractivity contribution in [1.82, 2.24) is 14.8 Å². The lowest BCUT2D eigenvalue weighted by Gasteiger charge is -2.28. The topological polar surface area (TPSA) is 127 Å². The van der Waals surface area contributed by atoms with Gasteiger partial charge in [0.15, 0.2) is 11.6 Å². The number of fused-ring (bicyclic) bond motifs is 3. The van der Waals surface area contributed by atoms with Gasteiger partial charge in [-0.3, -0.25) is 0 Å². The normalized spacial score (nSPS) is 14.0. The smallest absolute Gasteiger partial charge is 0.339 e. The number of aromatic carboxylic acids is 1. The fourth-order valence-corrected chi connectivity index (χ4v) is 3.92. The number of benzene rings is 3. The van der Waals surface area contributed by atoms with E-state index in [1.54, 1.807) is 41.9 Å². The van der Waals surface area contributed by atoms with Crippen LogP contribution in [0.2, 0.25) is 0 Å². The van der Waals surface area contributed by atoms with E-state index in [1.165, 1.54) is 12.1 Å². The molecule has 0 saturated heterocycles. The van der Waals surface area contributed by atoms with Crippen LogP contribution < -0.4 is 5.32 Å². The molecule has 3 N–H and O–H groups in total. The molecule has 0 bridgehead atoms. The fourth-order valence-electron chi connectivity index (χ4n) is 3.92. The molecular formula is C25H20N4O5. The van der Waals surface area contributed by atoms with Crippen LogP contribution in [-0.2, 0) is 4.74 Å². The van der Waals surface area contributed by atoms with E-state index in [0.29, 0.717) is 29.4 Å². The molecule has 9 heteroatoms. The van der Waals surface area contributed by atoms with Crippen molar-refractivity contribution in [2.45, 2.75) is 13.1 Å². The second-order valence-corrected chi connectivity index (χ2v) is 7.68. The third kappa shape index (κ3) is 3.62. The van der Waals surface area contributed by atoms with Crippen LogP contribution in [0.3, 0.4) is 0 Å². The van der Waals surface area contributed by atoms with Crippen molar-refractivity contribution in [3.63, 3.8) is 0 Å². The SMILES string of the molecule is CCOC(=O)c1ccc(-c2nc3n(n2)C(c2ccc(C(=O)O)c(O)c2)Nc2ccccc2-3)cc1. The number of hydrogen-bond donors (Lipinski definition) is 3. The van der Waals surface area contributed by atoms with Crippen LogP contribution in [0.15, 0.2) is 66.7 Å². The third-order valence-corrected chi connectivity index (χ3v) is 5.56. The second-order valence-electron chi connectivity index (χ2n) is 7.68. The lowest BCUT2D eigenvalue weighted by molar-refractivity contribution is 0.0525. The number of carboxylic acids is 1. The standard InChI is InChI=1S/C25H20N4O5/c1-2-34-25(33)15-9-7-14(8-10-15)21-27-23-17-5-3-4-6-19(17)26-22(29(23)28-21)16-11-12-18(24(31)32)20(30)13-16/h3-13,22,26,30H,2H2,1H3,(H,31,32). The zero-order valence-corrected chi connectivity index (χ0v) is 18.1. The molecule has 2 heterocycles. The maximum Gasteiger partial charge on any atom is 0.339 e. The summed E-state index contributed by atoms with van der Waals surface area (Å²) in [6, 6.07) is 18.9. The number of rotatable bonds is 5. The minimum atomic E-state index is -1.21. The zero-order chi connectivity index (χ0) is 23.8. The second kappa shape index (κ2) is 8.36. The first-order valence-electron chi connectivity index (χ1n) is 10.6. The Labute approximate surface area is 194 Å². The number of nitrogens with one attached hydrogen (secondary N) is 1. The number of aromatic nitrogens is 3. The first-order chi connectivity index (χ1) is 16.5. The van der Waals surface area contributed by atoms with Gasteiger partial charge in [0.05, 0.1) is 12.2 Å². The molecule has 1 aliphatic rings. The molecule has 1 unspecified atom stereocenters. The van der Waals surface area contributed by atoms with E-state index in [2.05, 4.69) is 5.32 Å². The molecule has 0 aliphatic carbocycles. The summed E-state index contributed by atoms with van der Waals surface area (Å²) in [4.78, 5) is 28.0. The Morgan fingerprint density at radius 3 is 2.56 bits per heavy atom. The van der Waals surface area contributed by atoms with E-state index in [9.17, 15) is 19.8 Å². The number of nitrogens with zero attached hydrogens (tertiary/aromatic N) is 3. The minimum Gasteiger partial charge on any atom is -0.507 e. The highest BCUT2D eigenvalue weighted by molar-refractivity contribution is 5.91. The van der Waals surface area contributed by atoms with Gasteiger partial charge >= 0.3 is 11.9 Å². The molecule has 4 aromatic rings. The van der Waals surface area contributed by atoms with Crippen LogP contribution in [0, 0.1) is 0 Å². The average molecular weight is 456 g/mol. The summed E-state index contributed by atoms with van der Waals surface area (Å²) in [6.45, 7) is 2.05. The molecule has 170 valence electrons. The van der Waals surface area contributed by atoms with Crippen LogP contribution >= 0.6 is 0 Å². The number of carbonyl (C=O) groups excluding carboxylic acids is 1. The van der Waals surface area contributed by atoms with Crippen molar-refractivity contribution in [2.24, 2.45) is 0 Å². The number of esters is 1. The summed E-state index contributed by atoms with van der Waals surface area (Å²) in [7, 11) is 0. The number of phenols is 1. The number of para-hydroxylation sites is 1. The Balaban J connectivity index is 1.58. The summed E-state index contributed by atoms with van der Waals surface area (Å²) in [5.41, 5.74) is 3.28. The van der Waals surface area contributed by atoms with Crippen LogP contribution in [-0.4, -0.2) is 43.5 Å². The van der Waals surface area contributed by atoms with Gasteiger partial charge in [-0.1, -0.05) is 30.3 Å². The molecule has 1 aromatic heterocycles. The highest BCUT2D eigenvalue weighted by atomic mass is 16.5. The molecule has 0 fully saturated rings. The van der Waals surface area contributed by atoms with Gasteiger partial charge in [0.1, 0.15) is 17.5 Å². The van der Waals surface area contributed by atoms with Gasteiger partial charge in [-0.25, -0.2) is 19.3 Å². The molecule has 9 nitrogen and oxygen atoms in total. The third-order valence-electron chi connectivity index (χ3n) is 5.56. The van der Waals surface area contributed by atoms with Crippen LogP contribution in [0.4, 0.5) is 5.69 Å². The molecular weight excluding hydrogens is 436 g/mol. The van der Waals surface area contributed by atoms with Crippen molar-refractivity contribution in [2.75, 3.05) is 11.9 Å². The monoisotopic (exact) mass is 456 g/mol. The quantitative estimate of drug-likeness (QED) is 0.382. The Hall–Kier alpha value is -4.66. The Morgan fingerprint density at radius 2 is 1.85 bits per heavy atom. The molecule has 0 saturated carbocycles. The summed E-state index contributed by atoms with van der Waals surface area (Å²) in [5, 5.41) is 27.6. The van der Waals surface area contributed by atoms with Crippen molar-refractivity contribution >= 4 is 17.6 Å². The molecule has 34 heavy (non-hydrogen) atoms. The van der Waals surface area contributed by atoms with Crippen LogP contribution in [0.25, 0.3) is 22.8 Å². The first kappa shape index (κ1) is 21.2. The predicted molar refractivity (Wildman–Crippen MR) is 124 cm³/mol. The van der Waals surface area contributed by atoms with Crippen LogP contribution in [0.5, 0.6) is 5.75 Å². The van der Waals surface area contributed by atoms with E-state index in [0.717, 1.165) is 16.8 Å². The van der Waals surface area contributed by atoms with Gasteiger partial charge in [0, 0.05) is 22.4 Å². The molecule has 1 atom stereocenters. The average Bonchev–Trinajstić information content (AvgIpc) is 3.29. The number of carboxylic acid groups (broad SMARTS) is 1. The first-order valence-corrected chi connectivity index (χ1v) is 10.6. The van der Waals surface area contributed by atoms with Crippen molar-refractivity contribution in [3.8, 4) is 28.5 Å². The maximum atomic E-state index is 12.0. The van der Waals surface area contributed by atoms with Gasteiger partial charge in [0.25, 0.3) is 0 Å². The highest BCUT2D eigenvalue weighted by Crippen LogP contribution is 2.39. The van der Waals surface area contributed by atoms with Crippen molar-refractivity contribution in [3.05, 3.63) is 83.4 Å². The van der Waals surface area contributed by atoms with Gasteiger partial charge in [0.2, 0.25) is 0 Å². The predicted octanol–water partition coefficient (Wildman–Crippen LogP) is 4.17. The van der Waals surface area contributed by atoms with Gasteiger partial charge < -0.3 is 20.3 Å². The number of hydrogen-bond acceptors (Lipinski definition) is 7. The lowest BCUT2D eigenvalue weighted by atomic mass is 10.0. The Morgan fingerprint density at radius 1 is 1.09 bits per heavy atom. The number of carbonyl (C=O) groups is 2. The molecule has 5 rings (SSSR count). The molecule has 0 radical (unpaired) electrons. The maximum absolute atomic E-state index is 12.0. The zero-order valence-electron chi connectivity index (χ0n) is 18.1. The summed E-state index contributed by atoms with van der Waals surface area (Å²) >= 11 is 0. The Kier molecular flexibility index (Phi) is 5.21. The lowest BCUT2D eigenvalue weighted by Crippen LogP contribution is -2.26.